The third kappa shape index (κ3) is 5.67. The SMILES string of the molecule is N[C@H](Cc1ccccc1)C(=O)NCCC(F)(F)F. The van der Waals surface area contributed by atoms with E-state index in [2.05, 4.69) is 5.32 Å². The Hall–Kier alpha value is -1.56. The van der Waals surface area contributed by atoms with E-state index >= 15 is 0 Å². The first-order valence-corrected chi connectivity index (χ1v) is 5.52. The molecule has 3 nitrogen and oxygen atoms in total. The normalized spacial score (nSPS) is 13.1. The van der Waals surface area contributed by atoms with Crippen LogP contribution < -0.4 is 11.1 Å². The van der Waals surface area contributed by atoms with E-state index in [-0.39, 0.29) is 0 Å². The molecule has 1 amide bonds. The van der Waals surface area contributed by atoms with Crippen molar-refractivity contribution in [2.45, 2.75) is 25.1 Å². The molecule has 0 aliphatic rings. The first-order valence-electron chi connectivity index (χ1n) is 5.52. The highest BCUT2D eigenvalue weighted by Gasteiger charge is 2.27. The van der Waals surface area contributed by atoms with E-state index in [9.17, 15) is 18.0 Å². The maximum Gasteiger partial charge on any atom is 0.390 e. The first-order chi connectivity index (χ1) is 8.38. The Morgan fingerprint density at radius 1 is 1.28 bits per heavy atom. The standard InChI is InChI=1S/C12H15F3N2O/c13-12(14,15)6-7-17-11(18)10(16)8-9-4-2-1-3-5-9/h1-5,10H,6-8,16H2,(H,17,18)/t10-/m1/s1. The van der Waals surface area contributed by atoms with Gasteiger partial charge in [0.15, 0.2) is 0 Å². The second-order valence-electron chi connectivity index (χ2n) is 3.95. The Labute approximate surface area is 103 Å². The average Bonchev–Trinajstić information content (AvgIpc) is 2.28. The summed E-state index contributed by atoms with van der Waals surface area (Å²) in [5, 5.41) is 2.18. The Balaban J connectivity index is 2.34. The van der Waals surface area contributed by atoms with Crippen molar-refractivity contribution >= 4 is 5.91 Å². The van der Waals surface area contributed by atoms with E-state index in [1.54, 1.807) is 0 Å². The molecular weight excluding hydrogens is 245 g/mol. The molecule has 0 aromatic heterocycles. The second kappa shape index (κ2) is 6.39. The minimum absolute atomic E-state index is 0.304. The summed E-state index contributed by atoms with van der Waals surface area (Å²) in [7, 11) is 0. The van der Waals surface area contributed by atoms with Crippen molar-refractivity contribution < 1.29 is 18.0 Å². The number of carbonyl (C=O) groups excluding carboxylic acids is 1. The lowest BCUT2D eigenvalue weighted by Gasteiger charge is -2.13. The van der Waals surface area contributed by atoms with Crippen LogP contribution in [0.2, 0.25) is 0 Å². The quantitative estimate of drug-likeness (QED) is 0.845. The average molecular weight is 260 g/mol. The number of benzene rings is 1. The minimum Gasteiger partial charge on any atom is -0.354 e. The lowest BCUT2D eigenvalue weighted by molar-refractivity contribution is -0.135. The summed E-state index contributed by atoms with van der Waals surface area (Å²) in [5.41, 5.74) is 6.48. The minimum atomic E-state index is -4.27. The number of halogens is 3. The maximum absolute atomic E-state index is 11.9. The molecule has 1 rings (SSSR count). The van der Waals surface area contributed by atoms with E-state index in [1.165, 1.54) is 0 Å². The highest BCUT2D eigenvalue weighted by atomic mass is 19.4. The van der Waals surface area contributed by atoms with Gasteiger partial charge in [0.25, 0.3) is 0 Å². The van der Waals surface area contributed by atoms with Crippen LogP contribution in [0.25, 0.3) is 0 Å². The van der Waals surface area contributed by atoms with Crippen LogP contribution in [0.4, 0.5) is 13.2 Å². The summed E-state index contributed by atoms with van der Waals surface area (Å²) in [6, 6.07) is 8.23. The topological polar surface area (TPSA) is 55.1 Å². The Bertz CT molecular complexity index is 379. The van der Waals surface area contributed by atoms with E-state index in [0.29, 0.717) is 6.42 Å². The number of amides is 1. The molecule has 0 saturated carbocycles. The second-order valence-corrected chi connectivity index (χ2v) is 3.95. The van der Waals surface area contributed by atoms with Crippen molar-refractivity contribution in [1.82, 2.24) is 5.32 Å². The molecule has 0 heterocycles. The molecule has 0 aliphatic carbocycles. The van der Waals surface area contributed by atoms with Crippen LogP contribution in [-0.4, -0.2) is 24.7 Å². The summed E-state index contributed by atoms with van der Waals surface area (Å²) >= 11 is 0. The van der Waals surface area contributed by atoms with Gasteiger partial charge in [0, 0.05) is 6.54 Å². The van der Waals surface area contributed by atoms with Crippen molar-refractivity contribution in [2.24, 2.45) is 5.73 Å². The Morgan fingerprint density at radius 3 is 2.44 bits per heavy atom. The van der Waals surface area contributed by atoms with Gasteiger partial charge < -0.3 is 11.1 Å². The molecule has 0 saturated heterocycles. The van der Waals surface area contributed by atoms with Gasteiger partial charge in [0.2, 0.25) is 5.91 Å². The monoisotopic (exact) mass is 260 g/mol. The molecule has 0 unspecified atom stereocenters. The van der Waals surface area contributed by atoms with E-state index in [1.807, 2.05) is 30.3 Å². The van der Waals surface area contributed by atoms with E-state index in [4.69, 9.17) is 5.73 Å². The zero-order chi connectivity index (χ0) is 13.6. The van der Waals surface area contributed by atoms with Crippen molar-refractivity contribution in [3.63, 3.8) is 0 Å². The van der Waals surface area contributed by atoms with Gasteiger partial charge >= 0.3 is 6.18 Å². The van der Waals surface area contributed by atoms with Gasteiger partial charge in [-0.2, -0.15) is 13.2 Å². The van der Waals surface area contributed by atoms with E-state index in [0.717, 1.165) is 5.56 Å². The number of alkyl halides is 3. The molecular formula is C12H15F3N2O. The number of hydrogen-bond acceptors (Lipinski definition) is 2. The smallest absolute Gasteiger partial charge is 0.354 e. The molecule has 0 radical (unpaired) electrons. The van der Waals surface area contributed by atoms with E-state index < -0.39 is 31.1 Å². The van der Waals surface area contributed by atoms with Gasteiger partial charge in [-0.3, -0.25) is 4.79 Å². The molecule has 0 spiro atoms. The molecule has 3 N–H and O–H groups in total. The largest absolute Gasteiger partial charge is 0.390 e. The fourth-order valence-electron chi connectivity index (χ4n) is 1.42. The predicted molar refractivity (Wildman–Crippen MR) is 61.8 cm³/mol. The van der Waals surface area contributed by atoms with Gasteiger partial charge in [0.1, 0.15) is 0 Å². The van der Waals surface area contributed by atoms with Crippen LogP contribution in [0.5, 0.6) is 0 Å². The molecule has 1 aromatic carbocycles. The number of nitrogens with two attached hydrogens (primary N) is 1. The Morgan fingerprint density at radius 2 is 1.89 bits per heavy atom. The van der Waals surface area contributed by atoms with Gasteiger partial charge in [-0.15, -0.1) is 0 Å². The summed E-state index contributed by atoms with van der Waals surface area (Å²) in [4.78, 5) is 11.4. The van der Waals surface area contributed by atoms with Crippen molar-refractivity contribution in [2.75, 3.05) is 6.54 Å². The zero-order valence-corrected chi connectivity index (χ0v) is 9.70. The summed E-state index contributed by atoms with van der Waals surface area (Å²) in [5.74, 6) is -0.567. The summed E-state index contributed by atoms with van der Waals surface area (Å²) in [6.07, 6.45) is -5.01. The molecule has 18 heavy (non-hydrogen) atoms. The molecule has 0 aliphatic heterocycles. The maximum atomic E-state index is 11.9. The summed E-state index contributed by atoms with van der Waals surface area (Å²) in [6.45, 7) is -0.440. The molecule has 0 bridgehead atoms. The van der Waals surface area contributed by atoms with Crippen LogP contribution in [0, 0.1) is 0 Å². The van der Waals surface area contributed by atoms with Gasteiger partial charge in [-0.1, -0.05) is 30.3 Å². The third-order valence-corrected chi connectivity index (χ3v) is 2.34. The molecule has 0 fully saturated rings. The van der Waals surface area contributed by atoms with Crippen molar-refractivity contribution in [1.29, 1.82) is 0 Å². The lowest BCUT2D eigenvalue weighted by atomic mass is 10.1. The number of rotatable bonds is 5. The number of hydrogen-bond donors (Lipinski definition) is 2. The lowest BCUT2D eigenvalue weighted by Crippen LogP contribution is -2.43. The van der Waals surface area contributed by atoms with Crippen LogP contribution in [0.3, 0.4) is 0 Å². The molecule has 1 atom stereocenters. The number of nitrogens with one attached hydrogen (secondary N) is 1. The highest BCUT2D eigenvalue weighted by molar-refractivity contribution is 5.81. The van der Waals surface area contributed by atoms with Gasteiger partial charge in [-0.25, -0.2) is 0 Å². The molecule has 100 valence electrons. The van der Waals surface area contributed by atoms with Gasteiger partial charge in [-0.05, 0) is 12.0 Å². The highest BCUT2D eigenvalue weighted by Crippen LogP contribution is 2.18. The zero-order valence-electron chi connectivity index (χ0n) is 9.70. The van der Waals surface area contributed by atoms with Crippen LogP contribution in [0.15, 0.2) is 30.3 Å². The van der Waals surface area contributed by atoms with Crippen molar-refractivity contribution in [3.8, 4) is 0 Å². The number of carbonyl (C=O) groups is 1. The van der Waals surface area contributed by atoms with Gasteiger partial charge in [0.05, 0.1) is 12.5 Å². The summed E-state index contributed by atoms with van der Waals surface area (Å²) < 4.78 is 35.6. The molecule has 1 aromatic rings. The van der Waals surface area contributed by atoms with Crippen LogP contribution in [0.1, 0.15) is 12.0 Å². The molecule has 6 heteroatoms. The fraction of sp³-hybridized carbons (Fsp3) is 0.417. The fourth-order valence-corrected chi connectivity index (χ4v) is 1.42. The Kier molecular flexibility index (Phi) is 5.15. The van der Waals surface area contributed by atoms with Crippen LogP contribution >= 0.6 is 0 Å². The van der Waals surface area contributed by atoms with Crippen molar-refractivity contribution in [3.05, 3.63) is 35.9 Å². The first kappa shape index (κ1) is 14.5. The predicted octanol–water partition coefficient (Wildman–Crippen LogP) is 1.63. The van der Waals surface area contributed by atoms with Crippen LogP contribution in [-0.2, 0) is 11.2 Å². The third-order valence-electron chi connectivity index (χ3n) is 2.34.